The number of amides is 1. The van der Waals surface area contributed by atoms with E-state index >= 15 is 0 Å². The molecule has 0 spiro atoms. The first-order chi connectivity index (χ1) is 11.7. The average Bonchev–Trinajstić information content (AvgIpc) is 2.63. The van der Waals surface area contributed by atoms with Crippen LogP contribution in [0, 0.1) is 5.92 Å². The number of carbonyl (C=O) groups excluding carboxylic acids is 1. The van der Waals surface area contributed by atoms with E-state index in [1.807, 2.05) is 0 Å². The molecule has 1 saturated carbocycles. The van der Waals surface area contributed by atoms with Crippen molar-refractivity contribution in [2.24, 2.45) is 5.92 Å². The van der Waals surface area contributed by atoms with Gasteiger partial charge < -0.3 is 15.0 Å². The van der Waals surface area contributed by atoms with Crippen molar-refractivity contribution in [1.29, 1.82) is 0 Å². The predicted molar refractivity (Wildman–Crippen MR) is 96.0 cm³/mol. The van der Waals surface area contributed by atoms with Crippen molar-refractivity contribution in [1.82, 2.24) is 15.1 Å². The number of nitrogens with one attached hydrogen (secondary N) is 1. The van der Waals surface area contributed by atoms with Crippen LogP contribution < -0.4 is 5.32 Å². The Labute approximate surface area is 147 Å². The third kappa shape index (κ3) is 5.17. The third-order valence-electron chi connectivity index (χ3n) is 6.12. The number of carbonyl (C=O) groups is 1. The second-order valence-electron chi connectivity index (χ2n) is 7.94. The summed E-state index contributed by atoms with van der Waals surface area (Å²) in [5.74, 6) is 0.541. The van der Waals surface area contributed by atoms with Crippen LogP contribution in [0.2, 0.25) is 0 Å². The molecule has 2 heterocycles. The minimum atomic E-state index is 0.266. The normalized spacial score (nSPS) is 28.8. The summed E-state index contributed by atoms with van der Waals surface area (Å²) in [7, 11) is 2.22. The topological polar surface area (TPSA) is 44.8 Å². The molecule has 1 atom stereocenters. The first-order valence-electron chi connectivity index (χ1n) is 10.0. The lowest BCUT2D eigenvalue weighted by atomic mass is 9.88. The Kier molecular flexibility index (Phi) is 6.93. The SMILES string of the molecule is CN1CCC(N2CCO[C@@H](CCNC(=O)C3CCCCC3)C2)CC1. The zero-order chi connectivity index (χ0) is 16.8. The fraction of sp³-hybridized carbons (Fsp3) is 0.947. The van der Waals surface area contributed by atoms with E-state index in [0.717, 1.165) is 51.5 Å². The highest BCUT2D eigenvalue weighted by Crippen LogP contribution is 2.24. The Hall–Kier alpha value is -0.650. The van der Waals surface area contributed by atoms with Crippen molar-refractivity contribution in [2.75, 3.05) is 46.4 Å². The van der Waals surface area contributed by atoms with Gasteiger partial charge in [-0.2, -0.15) is 0 Å². The third-order valence-corrected chi connectivity index (χ3v) is 6.12. The second kappa shape index (κ2) is 9.16. The zero-order valence-corrected chi connectivity index (χ0v) is 15.3. The largest absolute Gasteiger partial charge is 0.375 e. The fourth-order valence-electron chi connectivity index (χ4n) is 4.47. The molecule has 1 aliphatic carbocycles. The molecule has 138 valence electrons. The van der Waals surface area contributed by atoms with Gasteiger partial charge in [-0.25, -0.2) is 0 Å². The summed E-state index contributed by atoms with van der Waals surface area (Å²) in [5, 5.41) is 3.16. The van der Waals surface area contributed by atoms with Gasteiger partial charge in [-0.1, -0.05) is 19.3 Å². The molecule has 5 nitrogen and oxygen atoms in total. The van der Waals surface area contributed by atoms with Crippen molar-refractivity contribution in [3.63, 3.8) is 0 Å². The van der Waals surface area contributed by atoms with Gasteiger partial charge in [0.25, 0.3) is 0 Å². The van der Waals surface area contributed by atoms with Gasteiger partial charge >= 0.3 is 0 Å². The summed E-state index contributed by atoms with van der Waals surface area (Å²) >= 11 is 0. The molecule has 2 saturated heterocycles. The molecular formula is C19H35N3O2. The summed E-state index contributed by atoms with van der Waals surface area (Å²) < 4.78 is 5.94. The number of morpholine rings is 1. The van der Waals surface area contributed by atoms with Crippen LogP contribution in [0.25, 0.3) is 0 Å². The van der Waals surface area contributed by atoms with Gasteiger partial charge in [0, 0.05) is 31.6 Å². The number of likely N-dealkylation sites (tertiary alicyclic amines) is 1. The predicted octanol–water partition coefficient (Wildman–Crippen LogP) is 1.87. The Morgan fingerprint density at radius 3 is 2.58 bits per heavy atom. The van der Waals surface area contributed by atoms with E-state index in [2.05, 4.69) is 22.2 Å². The standard InChI is InChI=1S/C19H35N3O2/c1-21-11-8-17(9-12-21)22-13-14-24-18(15-22)7-10-20-19(23)16-5-3-2-4-6-16/h16-18H,2-15H2,1H3,(H,20,23)/t18-/m0/s1. The Bertz CT molecular complexity index is 390. The molecule has 0 radical (unpaired) electrons. The van der Waals surface area contributed by atoms with Crippen molar-refractivity contribution in [3.8, 4) is 0 Å². The molecule has 1 amide bonds. The van der Waals surface area contributed by atoms with E-state index in [4.69, 9.17) is 4.74 Å². The van der Waals surface area contributed by atoms with E-state index in [1.165, 1.54) is 45.2 Å². The van der Waals surface area contributed by atoms with Gasteiger partial charge in [-0.05, 0) is 52.2 Å². The van der Waals surface area contributed by atoms with Crippen LogP contribution in [-0.4, -0.2) is 74.2 Å². The summed E-state index contributed by atoms with van der Waals surface area (Å²) in [4.78, 5) is 17.3. The van der Waals surface area contributed by atoms with Crippen molar-refractivity contribution < 1.29 is 9.53 Å². The molecule has 0 aromatic carbocycles. The molecule has 5 heteroatoms. The monoisotopic (exact) mass is 337 g/mol. The first kappa shape index (κ1) is 18.2. The van der Waals surface area contributed by atoms with E-state index < -0.39 is 0 Å². The minimum absolute atomic E-state index is 0.266. The van der Waals surface area contributed by atoms with Crippen molar-refractivity contribution in [2.45, 2.75) is 63.5 Å². The molecule has 24 heavy (non-hydrogen) atoms. The Balaban J connectivity index is 1.35. The van der Waals surface area contributed by atoms with Crippen LogP contribution in [0.15, 0.2) is 0 Å². The van der Waals surface area contributed by atoms with E-state index in [-0.39, 0.29) is 17.9 Å². The molecular weight excluding hydrogens is 302 g/mol. The molecule has 1 N–H and O–H groups in total. The maximum absolute atomic E-state index is 12.2. The first-order valence-corrected chi connectivity index (χ1v) is 10.0. The summed E-state index contributed by atoms with van der Waals surface area (Å²) in [6.07, 6.45) is 9.68. The van der Waals surface area contributed by atoms with Gasteiger partial charge in [0.2, 0.25) is 5.91 Å². The van der Waals surface area contributed by atoms with Gasteiger partial charge in [0.05, 0.1) is 12.7 Å². The van der Waals surface area contributed by atoms with Crippen LogP contribution in [-0.2, 0) is 9.53 Å². The van der Waals surface area contributed by atoms with Gasteiger partial charge in [0.15, 0.2) is 0 Å². The van der Waals surface area contributed by atoms with Crippen LogP contribution in [0.1, 0.15) is 51.4 Å². The van der Waals surface area contributed by atoms with Crippen molar-refractivity contribution >= 4 is 5.91 Å². The lowest BCUT2D eigenvalue weighted by Crippen LogP contribution is -2.51. The lowest BCUT2D eigenvalue weighted by Gasteiger charge is -2.41. The maximum atomic E-state index is 12.2. The van der Waals surface area contributed by atoms with E-state index in [9.17, 15) is 4.79 Å². The van der Waals surface area contributed by atoms with Crippen LogP contribution in [0.4, 0.5) is 0 Å². The highest BCUT2D eigenvalue weighted by molar-refractivity contribution is 5.78. The maximum Gasteiger partial charge on any atom is 0.223 e. The van der Waals surface area contributed by atoms with Crippen LogP contribution in [0.5, 0.6) is 0 Å². The average molecular weight is 338 g/mol. The molecule has 0 aromatic heterocycles. The number of ether oxygens (including phenoxy) is 1. The molecule has 2 aliphatic heterocycles. The Morgan fingerprint density at radius 1 is 1.08 bits per heavy atom. The van der Waals surface area contributed by atoms with Gasteiger partial charge in [-0.15, -0.1) is 0 Å². The summed E-state index contributed by atoms with van der Waals surface area (Å²) in [6, 6.07) is 0.726. The number of hydrogen-bond donors (Lipinski definition) is 1. The van der Waals surface area contributed by atoms with Gasteiger partial charge in [0.1, 0.15) is 0 Å². The fourth-order valence-corrected chi connectivity index (χ4v) is 4.47. The van der Waals surface area contributed by atoms with E-state index in [1.54, 1.807) is 0 Å². The quantitative estimate of drug-likeness (QED) is 0.832. The molecule has 3 rings (SSSR count). The van der Waals surface area contributed by atoms with E-state index in [0.29, 0.717) is 0 Å². The Morgan fingerprint density at radius 2 is 1.83 bits per heavy atom. The van der Waals surface area contributed by atoms with Crippen LogP contribution >= 0.6 is 0 Å². The smallest absolute Gasteiger partial charge is 0.223 e. The minimum Gasteiger partial charge on any atom is -0.375 e. The van der Waals surface area contributed by atoms with Crippen LogP contribution in [0.3, 0.4) is 0 Å². The molecule has 0 bridgehead atoms. The highest BCUT2D eigenvalue weighted by atomic mass is 16.5. The second-order valence-corrected chi connectivity index (χ2v) is 7.94. The van der Waals surface area contributed by atoms with Gasteiger partial charge in [-0.3, -0.25) is 9.69 Å². The summed E-state index contributed by atoms with van der Waals surface area (Å²) in [5.41, 5.74) is 0. The number of piperidine rings is 1. The molecule has 3 fully saturated rings. The number of nitrogens with zero attached hydrogens (tertiary/aromatic N) is 2. The molecule has 3 aliphatic rings. The summed E-state index contributed by atoms with van der Waals surface area (Å²) in [6.45, 7) is 6.14. The lowest BCUT2D eigenvalue weighted by molar-refractivity contribution is -0.126. The number of rotatable bonds is 5. The zero-order valence-electron chi connectivity index (χ0n) is 15.3. The molecule has 0 aromatic rings. The number of hydrogen-bond acceptors (Lipinski definition) is 4. The molecule has 0 unspecified atom stereocenters. The highest BCUT2D eigenvalue weighted by Gasteiger charge is 2.28. The van der Waals surface area contributed by atoms with Crippen molar-refractivity contribution in [3.05, 3.63) is 0 Å².